The van der Waals surface area contributed by atoms with Crippen molar-refractivity contribution in [2.45, 2.75) is 38.1 Å². The zero-order valence-corrected chi connectivity index (χ0v) is 9.92. The van der Waals surface area contributed by atoms with Crippen molar-refractivity contribution in [1.82, 2.24) is 9.21 Å². The maximum absolute atomic E-state index is 10.9. The summed E-state index contributed by atoms with van der Waals surface area (Å²) in [5, 5.41) is 0. The Balaban J connectivity index is 1.79. The van der Waals surface area contributed by atoms with E-state index in [2.05, 4.69) is 4.90 Å². The van der Waals surface area contributed by atoms with Gasteiger partial charge >= 0.3 is 0 Å². The highest BCUT2D eigenvalue weighted by Gasteiger charge is 2.26. The third kappa shape index (κ3) is 3.00. The number of hydrogen-bond donors (Lipinski definition) is 1. The number of piperazine rings is 1. The summed E-state index contributed by atoms with van der Waals surface area (Å²) in [6.45, 7) is 3.38. The lowest BCUT2D eigenvalue weighted by Gasteiger charge is -2.39. The summed E-state index contributed by atoms with van der Waals surface area (Å²) in [7, 11) is 0. The number of rotatable bonds is 2. The maximum atomic E-state index is 10.9. The van der Waals surface area contributed by atoms with E-state index >= 15 is 0 Å². The molecule has 1 saturated heterocycles. The number of hydrogen-bond acceptors (Lipinski definition) is 2. The molecule has 2 rings (SSSR count). The fraction of sp³-hybridized carbons (Fsp3) is 1.00. The van der Waals surface area contributed by atoms with Crippen LogP contribution >= 0.6 is 0 Å². The summed E-state index contributed by atoms with van der Waals surface area (Å²) in [5.41, 5.74) is 0. The first-order valence-corrected chi connectivity index (χ1v) is 6.94. The Morgan fingerprint density at radius 3 is 2.13 bits per heavy atom. The minimum Gasteiger partial charge on any atom is -0.298 e. The molecule has 1 unspecified atom stereocenters. The lowest BCUT2D eigenvalue weighted by atomic mass is 9.94. The molecule has 1 heterocycles. The van der Waals surface area contributed by atoms with Gasteiger partial charge in [-0.3, -0.25) is 9.45 Å². The van der Waals surface area contributed by atoms with Crippen molar-refractivity contribution in [3.05, 3.63) is 0 Å². The van der Waals surface area contributed by atoms with Crippen molar-refractivity contribution in [1.29, 1.82) is 0 Å². The van der Waals surface area contributed by atoms with Gasteiger partial charge in [0.15, 0.2) is 0 Å². The molecule has 0 aromatic carbocycles. The third-order valence-electron chi connectivity index (χ3n) is 3.59. The molecule has 1 aliphatic heterocycles. The SMILES string of the molecule is O=S(O)N1CCN(C2CCCCC2)CC1. The van der Waals surface area contributed by atoms with Crippen LogP contribution in [0.2, 0.25) is 0 Å². The van der Waals surface area contributed by atoms with Crippen molar-refractivity contribution < 1.29 is 8.76 Å². The summed E-state index contributed by atoms with van der Waals surface area (Å²) >= 11 is -1.77. The van der Waals surface area contributed by atoms with Crippen molar-refractivity contribution in [2.24, 2.45) is 0 Å². The van der Waals surface area contributed by atoms with Gasteiger partial charge in [0.1, 0.15) is 0 Å². The molecule has 0 aromatic rings. The Morgan fingerprint density at radius 1 is 1.00 bits per heavy atom. The van der Waals surface area contributed by atoms with E-state index in [9.17, 15) is 4.21 Å². The Morgan fingerprint density at radius 2 is 1.60 bits per heavy atom. The van der Waals surface area contributed by atoms with E-state index in [0.29, 0.717) is 0 Å². The van der Waals surface area contributed by atoms with Crippen LogP contribution < -0.4 is 0 Å². The fourth-order valence-electron chi connectivity index (χ4n) is 2.67. The molecule has 4 nitrogen and oxygen atoms in total. The van der Waals surface area contributed by atoms with Crippen LogP contribution in [-0.4, -0.2) is 50.2 Å². The van der Waals surface area contributed by atoms with E-state index in [1.165, 1.54) is 32.1 Å². The molecule has 1 N–H and O–H groups in total. The van der Waals surface area contributed by atoms with E-state index in [4.69, 9.17) is 4.55 Å². The van der Waals surface area contributed by atoms with Crippen molar-refractivity contribution in [2.75, 3.05) is 26.2 Å². The van der Waals surface area contributed by atoms with Gasteiger partial charge < -0.3 is 0 Å². The molecule has 0 bridgehead atoms. The summed E-state index contributed by atoms with van der Waals surface area (Å²) < 4.78 is 21.4. The topological polar surface area (TPSA) is 43.8 Å². The molecule has 1 saturated carbocycles. The Labute approximate surface area is 94.0 Å². The predicted octanol–water partition coefficient (Wildman–Crippen LogP) is 1.07. The van der Waals surface area contributed by atoms with Gasteiger partial charge in [-0.25, -0.2) is 4.21 Å². The van der Waals surface area contributed by atoms with Crippen LogP contribution in [0.4, 0.5) is 0 Å². The van der Waals surface area contributed by atoms with Crippen molar-refractivity contribution in [3.63, 3.8) is 0 Å². The summed E-state index contributed by atoms with van der Waals surface area (Å²) in [4.78, 5) is 2.50. The summed E-state index contributed by atoms with van der Waals surface area (Å²) in [6.07, 6.45) is 6.75. The molecular formula is C10H20N2O2S. The van der Waals surface area contributed by atoms with Crippen LogP contribution in [0.3, 0.4) is 0 Å². The standard InChI is InChI=1S/C10H20N2O2S/c13-15(14)12-8-6-11(7-9-12)10-4-2-1-3-5-10/h10H,1-9H2,(H,13,14). The molecule has 1 aliphatic carbocycles. The van der Waals surface area contributed by atoms with Crippen LogP contribution in [-0.2, 0) is 11.3 Å². The van der Waals surface area contributed by atoms with Gasteiger partial charge in [-0.05, 0) is 12.8 Å². The Hall–Kier alpha value is 0.0300. The first-order valence-electron chi connectivity index (χ1n) is 5.87. The Kier molecular flexibility index (Phi) is 4.13. The minimum atomic E-state index is -1.77. The van der Waals surface area contributed by atoms with Gasteiger partial charge in [0.05, 0.1) is 0 Å². The molecule has 0 aromatic heterocycles. The fourth-order valence-corrected chi connectivity index (χ4v) is 3.15. The molecule has 2 fully saturated rings. The number of nitrogens with zero attached hydrogens (tertiary/aromatic N) is 2. The van der Waals surface area contributed by atoms with Gasteiger partial charge in [-0.2, -0.15) is 4.31 Å². The first-order chi connectivity index (χ1) is 7.27. The molecule has 5 heteroatoms. The van der Waals surface area contributed by atoms with E-state index in [1.807, 2.05) is 0 Å². The smallest absolute Gasteiger partial charge is 0.234 e. The van der Waals surface area contributed by atoms with E-state index in [1.54, 1.807) is 4.31 Å². The second-order valence-electron chi connectivity index (χ2n) is 4.49. The van der Waals surface area contributed by atoms with E-state index in [-0.39, 0.29) is 0 Å². The van der Waals surface area contributed by atoms with Gasteiger partial charge in [0.2, 0.25) is 11.3 Å². The van der Waals surface area contributed by atoms with E-state index < -0.39 is 11.3 Å². The molecule has 15 heavy (non-hydrogen) atoms. The first kappa shape index (κ1) is 11.5. The Bertz CT molecular complexity index is 223. The highest BCUT2D eigenvalue weighted by Crippen LogP contribution is 2.23. The molecule has 2 aliphatic rings. The lowest BCUT2D eigenvalue weighted by molar-refractivity contribution is 0.111. The van der Waals surface area contributed by atoms with Crippen LogP contribution in [0.1, 0.15) is 32.1 Å². The highest BCUT2D eigenvalue weighted by molar-refractivity contribution is 7.76. The van der Waals surface area contributed by atoms with Gasteiger partial charge in [0.25, 0.3) is 0 Å². The van der Waals surface area contributed by atoms with Gasteiger partial charge in [-0.15, -0.1) is 0 Å². The second-order valence-corrected chi connectivity index (χ2v) is 5.47. The molecule has 1 atom stereocenters. The largest absolute Gasteiger partial charge is 0.298 e. The average Bonchev–Trinajstić information content (AvgIpc) is 2.30. The quantitative estimate of drug-likeness (QED) is 0.724. The zero-order valence-electron chi connectivity index (χ0n) is 9.10. The van der Waals surface area contributed by atoms with Crippen LogP contribution in [0.5, 0.6) is 0 Å². The van der Waals surface area contributed by atoms with Crippen LogP contribution in [0.25, 0.3) is 0 Å². The van der Waals surface area contributed by atoms with Crippen LogP contribution in [0, 0.1) is 0 Å². The van der Waals surface area contributed by atoms with Crippen LogP contribution in [0.15, 0.2) is 0 Å². The summed E-state index contributed by atoms with van der Waals surface area (Å²) in [6, 6.07) is 0.744. The monoisotopic (exact) mass is 232 g/mol. The predicted molar refractivity (Wildman–Crippen MR) is 60.8 cm³/mol. The molecule has 0 spiro atoms. The second kappa shape index (κ2) is 5.39. The lowest BCUT2D eigenvalue weighted by Crippen LogP contribution is -2.50. The van der Waals surface area contributed by atoms with Crippen molar-refractivity contribution >= 4 is 11.3 Å². The van der Waals surface area contributed by atoms with Gasteiger partial charge in [0, 0.05) is 32.2 Å². The normalized spacial score (nSPS) is 29.1. The molecule has 88 valence electrons. The van der Waals surface area contributed by atoms with E-state index in [0.717, 1.165) is 32.2 Å². The third-order valence-corrected chi connectivity index (χ3v) is 4.39. The molecule has 0 radical (unpaired) electrons. The average molecular weight is 232 g/mol. The molecular weight excluding hydrogens is 212 g/mol. The highest BCUT2D eigenvalue weighted by atomic mass is 32.2. The minimum absolute atomic E-state index is 0.736. The summed E-state index contributed by atoms with van der Waals surface area (Å²) in [5.74, 6) is 0. The zero-order chi connectivity index (χ0) is 10.7. The maximum Gasteiger partial charge on any atom is 0.234 e. The van der Waals surface area contributed by atoms with Gasteiger partial charge in [-0.1, -0.05) is 19.3 Å². The van der Waals surface area contributed by atoms with Crippen molar-refractivity contribution in [3.8, 4) is 0 Å². The molecule has 0 amide bonds.